The van der Waals surface area contributed by atoms with Crippen LogP contribution in [0, 0.1) is 20.8 Å². The quantitative estimate of drug-likeness (QED) is 0.827. The second-order valence-electron chi connectivity index (χ2n) is 3.80. The lowest BCUT2D eigenvalue weighted by atomic mass is 10.2. The van der Waals surface area contributed by atoms with Crippen molar-refractivity contribution in [2.45, 2.75) is 20.8 Å². The molecule has 5 heteroatoms. The zero-order valence-corrected chi connectivity index (χ0v) is 10.2. The van der Waals surface area contributed by atoms with E-state index in [1.807, 2.05) is 26.8 Å². The zero-order chi connectivity index (χ0) is 11.9. The number of nitrogen functional groups attached to an aromatic ring is 1. The number of hydrogen-bond donors (Lipinski definition) is 1. The highest BCUT2D eigenvalue weighted by Crippen LogP contribution is 2.22. The maximum absolute atomic E-state index is 6.08. The first-order valence-corrected chi connectivity index (χ1v) is 5.32. The van der Waals surface area contributed by atoms with E-state index in [2.05, 4.69) is 10.1 Å². The van der Waals surface area contributed by atoms with Crippen LogP contribution in [0.15, 0.2) is 12.3 Å². The van der Waals surface area contributed by atoms with Gasteiger partial charge in [-0.1, -0.05) is 11.6 Å². The summed E-state index contributed by atoms with van der Waals surface area (Å²) in [5, 5.41) is 5.01. The molecule has 2 heterocycles. The Kier molecular flexibility index (Phi) is 2.59. The molecule has 0 bridgehead atoms. The van der Waals surface area contributed by atoms with E-state index >= 15 is 0 Å². The summed E-state index contributed by atoms with van der Waals surface area (Å²) in [6.07, 6.45) is 1.63. The van der Waals surface area contributed by atoms with Crippen LogP contribution in [-0.4, -0.2) is 14.8 Å². The summed E-state index contributed by atoms with van der Waals surface area (Å²) in [5.41, 5.74) is 9.07. The SMILES string of the molecule is Cc1cc(-n2nc(C)c(Cl)c2C)ncc1N. The van der Waals surface area contributed by atoms with Crippen LogP contribution in [-0.2, 0) is 0 Å². The van der Waals surface area contributed by atoms with E-state index in [-0.39, 0.29) is 0 Å². The average Bonchev–Trinajstić information content (AvgIpc) is 2.50. The molecule has 2 rings (SSSR count). The lowest BCUT2D eigenvalue weighted by Crippen LogP contribution is -2.03. The Morgan fingerprint density at radius 2 is 2.00 bits per heavy atom. The third-order valence-corrected chi connectivity index (χ3v) is 3.10. The fourth-order valence-corrected chi connectivity index (χ4v) is 1.63. The molecule has 0 spiro atoms. The van der Waals surface area contributed by atoms with Crippen molar-refractivity contribution in [1.82, 2.24) is 14.8 Å². The smallest absolute Gasteiger partial charge is 0.154 e. The van der Waals surface area contributed by atoms with E-state index in [0.717, 1.165) is 22.8 Å². The number of aryl methyl sites for hydroxylation is 2. The Balaban J connectivity index is 2.59. The first-order chi connectivity index (χ1) is 7.50. The molecule has 0 fully saturated rings. The fourth-order valence-electron chi connectivity index (χ4n) is 1.51. The molecule has 0 unspecified atom stereocenters. The Hall–Kier alpha value is -1.55. The summed E-state index contributed by atoms with van der Waals surface area (Å²) in [7, 11) is 0. The average molecular weight is 237 g/mol. The molecule has 84 valence electrons. The van der Waals surface area contributed by atoms with Gasteiger partial charge in [0.25, 0.3) is 0 Å². The molecule has 0 aliphatic heterocycles. The molecule has 2 aromatic heterocycles. The lowest BCUT2D eigenvalue weighted by Gasteiger charge is -2.05. The Labute approximate surface area is 99.1 Å². The molecule has 0 saturated carbocycles. The summed E-state index contributed by atoms with van der Waals surface area (Å²) in [6.45, 7) is 5.72. The number of nitrogens with two attached hydrogens (primary N) is 1. The van der Waals surface area contributed by atoms with Gasteiger partial charge in [0.1, 0.15) is 0 Å². The van der Waals surface area contributed by atoms with Gasteiger partial charge in [-0.15, -0.1) is 0 Å². The van der Waals surface area contributed by atoms with Crippen LogP contribution < -0.4 is 5.73 Å². The molecule has 0 radical (unpaired) electrons. The number of aromatic nitrogens is 3. The van der Waals surface area contributed by atoms with Crippen LogP contribution in [0.5, 0.6) is 0 Å². The van der Waals surface area contributed by atoms with Crippen LogP contribution in [0.2, 0.25) is 5.02 Å². The third-order valence-electron chi connectivity index (χ3n) is 2.56. The summed E-state index contributed by atoms with van der Waals surface area (Å²) in [6, 6.07) is 1.89. The lowest BCUT2D eigenvalue weighted by molar-refractivity contribution is 0.805. The van der Waals surface area contributed by atoms with Crippen LogP contribution >= 0.6 is 11.6 Å². The fraction of sp³-hybridized carbons (Fsp3) is 0.273. The van der Waals surface area contributed by atoms with Crippen molar-refractivity contribution >= 4 is 17.3 Å². The van der Waals surface area contributed by atoms with Crippen molar-refractivity contribution in [2.75, 3.05) is 5.73 Å². The monoisotopic (exact) mass is 236 g/mol. The van der Waals surface area contributed by atoms with Gasteiger partial charge in [-0.25, -0.2) is 9.67 Å². The third kappa shape index (κ3) is 1.65. The van der Waals surface area contributed by atoms with Crippen LogP contribution in [0.1, 0.15) is 17.0 Å². The van der Waals surface area contributed by atoms with Crippen molar-refractivity contribution in [3.63, 3.8) is 0 Å². The number of hydrogen-bond acceptors (Lipinski definition) is 3. The van der Waals surface area contributed by atoms with Gasteiger partial charge in [-0.2, -0.15) is 5.10 Å². The van der Waals surface area contributed by atoms with Gasteiger partial charge >= 0.3 is 0 Å². The second kappa shape index (κ2) is 3.79. The molecule has 2 aromatic rings. The van der Waals surface area contributed by atoms with E-state index < -0.39 is 0 Å². The summed E-state index contributed by atoms with van der Waals surface area (Å²) in [5.74, 6) is 0.735. The van der Waals surface area contributed by atoms with E-state index in [1.165, 1.54) is 0 Å². The van der Waals surface area contributed by atoms with E-state index in [4.69, 9.17) is 17.3 Å². The van der Waals surface area contributed by atoms with E-state index in [0.29, 0.717) is 10.7 Å². The van der Waals surface area contributed by atoms with Crippen molar-refractivity contribution in [3.8, 4) is 5.82 Å². The summed E-state index contributed by atoms with van der Waals surface area (Å²) >= 11 is 6.08. The minimum Gasteiger partial charge on any atom is -0.397 e. The predicted octanol–water partition coefficient (Wildman–Crippen LogP) is 2.43. The molecule has 0 amide bonds. The second-order valence-corrected chi connectivity index (χ2v) is 4.17. The first kappa shape index (κ1) is 11.0. The van der Waals surface area contributed by atoms with Gasteiger partial charge in [-0.3, -0.25) is 0 Å². The minimum absolute atomic E-state index is 0.677. The van der Waals surface area contributed by atoms with Crippen molar-refractivity contribution < 1.29 is 0 Å². The number of pyridine rings is 1. The maximum Gasteiger partial charge on any atom is 0.154 e. The molecule has 4 nitrogen and oxygen atoms in total. The number of rotatable bonds is 1. The van der Waals surface area contributed by atoms with Gasteiger partial charge in [-0.05, 0) is 32.4 Å². The molecule has 0 saturated heterocycles. The molecule has 0 aromatic carbocycles. The summed E-state index contributed by atoms with van der Waals surface area (Å²) < 4.78 is 1.73. The van der Waals surface area contributed by atoms with Crippen molar-refractivity contribution in [1.29, 1.82) is 0 Å². The topological polar surface area (TPSA) is 56.7 Å². The van der Waals surface area contributed by atoms with Gasteiger partial charge in [0.2, 0.25) is 0 Å². The molecule has 2 N–H and O–H groups in total. The Bertz CT molecular complexity index is 545. The number of halogens is 1. The van der Waals surface area contributed by atoms with Crippen molar-refractivity contribution in [3.05, 3.63) is 34.2 Å². The van der Waals surface area contributed by atoms with E-state index in [1.54, 1.807) is 10.9 Å². The summed E-state index contributed by atoms with van der Waals surface area (Å²) in [4.78, 5) is 4.24. The number of anilines is 1. The number of nitrogens with zero attached hydrogens (tertiary/aromatic N) is 3. The highest BCUT2D eigenvalue weighted by Gasteiger charge is 2.11. The molecule has 0 aliphatic rings. The highest BCUT2D eigenvalue weighted by molar-refractivity contribution is 6.31. The van der Waals surface area contributed by atoms with Gasteiger partial charge in [0, 0.05) is 0 Å². The highest BCUT2D eigenvalue weighted by atomic mass is 35.5. The van der Waals surface area contributed by atoms with Crippen LogP contribution in [0.4, 0.5) is 5.69 Å². The Morgan fingerprint density at radius 1 is 1.31 bits per heavy atom. The van der Waals surface area contributed by atoms with Gasteiger partial charge in [0.15, 0.2) is 5.82 Å². The predicted molar refractivity (Wildman–Crippen MR) is 65.0 cm³/mol. The molecular weight excluding hydrogens is 224 g/mol. The minimum atomic E-state index is 0.677. The molecule has 0 atom stereocenters. The first-order valence-electron chi connectivity index (χ1n) is 4.95. The van der Waals surface area contributed by atoms with Gasteiger partial charge in [0.05, 0.1) is 28.3 Å². The van der Waals surface area contributed by atoms with Gasteiger partial charge < -0.3 is 5.73 Å². The molecule has 16 heavy (non-hydrogen) atoms. The molecule has 0 aliphatic carbocycles. The van der Waals surface area contributed by atoms with Crippen molar-refractivity contribution in [2.24, 2.45) is 0 Å². The van der Waals surface area contributed by atoms with Crippen LogP contribution in [0.3, 0.4) is 0 Å². The zero-order valence-electron chi connectivity index (χ0n) is 9.45. The molecular formula is C11H13ClN4. The normalized spacial score (nSPS) is 10.8. The standard InChI is InChI=1S/C11H13ClN4/c1-6-4-10(14-5-9(6)13)16-8(3)11(12)7(2)15-16/h4-5H,13H2,1-3H3. The van der Waals surface area contributed by atoms with E-state index in [9.17, 15) is 0 Å². The van der Waals surface area contributed by atoms with Crippen LogP contribution in [0.25, 0.3) is 5.82 Å². The largest absolute Gasteiger partial charge is 0.397 e. The Morgan fingerprint density at radius 3 is 2.50 bits per heavy atom. The maximum atomic E-state index is 6.08.